The summed E-state index contributed by atoms with van der Waals surface area (Å²) in [5, 5.41) is 6.35. The first-order valence-electron chi connectivity index (χ1n) is 7.97. The normalized spacial score (nSPS) is 17.4. The van der Waals surface area contributed by atoms with Crippen LogP contribution in [0.15, 0.2) is 35.8 Å². The molecule has 7 heteroatoms. The van der Waals surface area contributed by atoms with Gasteiger partial charge in [-0.3, -0.25) is 4.99 Å². The van der Waals surface area contributed by atoms with Crippen molar-refractivity contribution in [1.82, 2.24) is 10.6 Å². The van der Waals surface area contributed by atoms with Gasteiger partial charge in [0.2, 0.25) is 0 Å². The van der Waals surface area contributed by atoms with E-state index in [1.54, 1.807) is 12.1 Å². The molecule has 2 rings (SSSR count). The highest BCUT2D eigenvalue weighted by Crippen LogP contribution is 2.25. The lowest BCUT2D eigenvalue weighted by Gasteiger charge is -2.18. The highest BCUT2D eigenvalue weighted by atomic mass is 127. The van der Waals surface area contributed by atoms with Crippen molar-refractivity contribution in [3.8, 4) is 0 Å². The minimum absolute atomic E-state index is 0. The molecule has 0 spiro atoms. The fraction of sp³-hybridized carbons (Fsp3) is 0.471. The van der Waals surface area contributed by atoms with E-state index in [0.29, 0.717) is 19.0 Å². The van der Waals surface area contributed by atoms with Crippen LogP contribution in [0.3, 0.4) is 0 Å². The third-order valence-electron chi connectivity index (χ3n) is 3.82. The molecule has 0 radical (unpaired) electrons. The van der Waals surface area contributed by atoms with Crippen LogP contribution >= 0.6 is 24.0 Å². The van der Waals surface area contributed by atoms with Crippen LogP contribution in [0.5, 0.6) is 0 Å². The molecule has 1 heterocycles. The van der Waals surface area contributed by atoms with Crippen LogP contribution in [0.25, 0.3) is 0 Å². The monoisotopic (exact) mass is 450 g/mol. The van der Waals surface area contributed by atoms with Gasteiger partial charge in [-0.15, -0.1) is 30.6 Å². The first-order chi connectivity index (χ1) is 11.1. The standard InChI is InChI=1S/C17H24F2N4.HI/c1-3-8-21-17(20-4-2)22-11-13-7-9-23(12-13)14-5-6-15(18)16(19)10-14;/h3,5-6,10,13H,1,4,7-9,11-12H2,2H3,(H2,20,21,22);1H. The van der Waals surface area contributed by atoms with Crippen LogP contribution in [0.4, 0.5) is 14.5 Å². The summed E-state index contributed by atoms with van der Waals surface area (Å²) in [5.74, 6) is -0.425. The predicted octanol–water partition coefficient (Wildman–Crippen LogP) is 3.15. The number of hydrogen-bond donors (Lipinski definition) is 2. The SMILES string of the molecule is C=CCNC(=NCC1CCN(c2ccc(F)c(F)c2)C1)NCC.I. The van der Waals surface area contributed by atoms with Crippen LogP contribution in [-0.2, 0) is 0 Å². The van der Waals surface area contributed by atoms with Crippen molar-refractivity contribution < 1.29 is 8.78 Å². The van der Waals surface area contributed by atoms with Gasteiger partial charge in [0.25, 0.3) is 0 Å². The third kappa shape index (κ3) is 5.92. The maximum absolute atomic E-state index is 13.3. The highest BCUT2D eigenvalue weighted by molar-refractivity contribution is 14.0. The molecule has 0 bridgehead atoms. The number of nitrogens with one attached hydrogen (secondary N) is 2. The smallest absolute Gasteiger partial charge is 0.191 e. The summed E-state index contributed by atoms with van der Waals surface area (Å²) in [6, 6.07) is 4.06. The van der Waals surface area contributed by atoms with Crippen LogP contribution in [0.2, 0.25) is 0 Å². The molecule has 4 nitrogen and oxygen atoms in total. The second-order valence-electron chi connectivity index (χ2n) is 5.59. The second kappa shape index (κ2) is 10.5. The zero-order valence-corrected chi connectivity index (χ0v) is 16.2. The van der Waals surface area contributed by atoms with Crippen LogP contribution in [0.1, 0.15) is 13.3 Å². The largest absolute Gasteiger partial charge is 0.371 e. The fourth-order valence-corrected chi connectivity index (χ4v) is 2.63. The van der Waals surface area contributed by atoms with Crippen molar-refractivity contribution in [1.29, 1.82) is 0 Å². The van der Waals surface area contributed by atoms with Gasteiger partial charge in [-0.25, -0.2) is 8.78 Å². The number of halogens is 3. The van der Waals surface area contributed by atoms with Crippen LogP contribution < -0.4 is 15.5 Å². The zero-order chi connectivity index (χ0) is 16.7. The Balaban J connectivity index is 0.00000288. The van der Waals surface area contributed by atoms with E-state index < -0.39 is 11.6 Å². The molecule has 0 aromatic heterocycles. The summed E-state index contributed by atoms with van der Waals surface area (Å²) in [6.45, 7) is 9.50. The maximum Gasteiger partial charge on any atom is 0.191 e. The fourth-order valence-electron chi connectivity index (χ4n) is 2.63. The minimum atomic E-state index is -0.808. The van der Waals surface area contributed by atoms with Gasteiger partial charge in [0.05, 0.1) is 0 Å². The van der Waals surface area contributed by atoms with Gasteiger partial charge in [-0.05, 0) is 31.4 Å². The summed E-state index contributed by atoms with van der Waals surface area (Å²) in [4.78, 5) is 6.65. The number of nitrogens with zero attached hydrogens (tertiary/aromatic N) is 2. The lowest BCUT2D eigenvalue weighted by Crippen LogP contribution is -2.37. The van der Waals surface area contributed by atoms with Crippen molar-refractivity contribution in [2.24, 2.45) is 10.9 Å². The molecule has 1 aromatic carbocycles. The van der Waals surface area contributed by atoms with Gasteiger partial charge >= 0.3 is 0 Å². The molecule has 1 unspecified atom stereocenters. The quantitative estimate of drug-likeness (QED) is 0.303. The molecular formula is C17H25F2IN4. The average molecular weight is 450 g/mol. The average Bonchev–Trinajstić information content (AvgIpc) is 3.01. The predicted molar refractivity (Wildman–Crippen MR) is 106 cm³/mol. The van der Waals surface area contributed by atoms with Crippen molar-refractivity contribution in [3.05, 3.63) is 42.5 Å². The minimum Gasteiger partial charge on any atom is -0.371 e. The van der Waals surface area contributed by atoms with Gasteiger partial charge < -0.3 is 15.5 Å². The van der Waals surface area contributed by atoms with Crippen LogP contribution in [0, 0.1) is 17.6 Å². The Morgan fingerprint density at radius 2 is 2.17 bits per heavy atom. The molecule has 24 heavy (non-hydrogen) atoms. The van der Waals surface area contributed by atoms with Crippen molar-refractivity contribution in [3.63, 3.8) is 0 Å². The molecule has 2 N–H and O–H groups in total. The van der Waals surface area contributed by atoms with E-state index in [1.807, 2.05) is 6.92 Å². The number of guanidine groups is 1. The molecule has 1 aliphatic heterocycles. The Bertz CT molecular complexity index is 566. The van der Waals surface area contributed by atoms with Gasteiger partial charge in [0, 0.05) is 44.5 Å². The van der Waals surface area contributed by atoms with E-state index in [-0.39, 0.29) is 24.0 Å². The molecule has 1 fully saturated rings. The van der Waals surface area contributed by atoms with Crippen molar-refractivity contribution >= 4 is 35.6 Å². The molecule has 1 saturated heterocycles. The Labute approximate surface area is 159 Å². The Morgan fingerprint density at radius 1 is 1.38 bits per heavy atom. The number of rotatable bonds is 6. The molecule has 134 valence electrons. The summed E-state index contributed by atoms with van der Waals surface area (Å²) < 4.78 is 26.4. The lowest BCUT2D eigenvalue weighted by atomic mass is 10.1. The molecular weight excluding hydrogens is 425 g/mol. The van der Waals surface area contributed by atoms with Gasteiger partial charge in [0.1, 0.15) is 0 Å². The Morgan fingerprint density at radius 3 is 2.83 bits per heavy atom. The van der Waals surface area contributed by atoms with E-state index in [0.717, 1.165) is 37.7 Å². The van der Waals surface area contributed by atoms with E-state index in [2.05, 4.69) is 27.1 Å². The lowest BCUT2D eigenvalue weighted by molar-refractivity contribution is 0.508. The zero-order valence-electron chi connectivity index (χ0n) is 13.9. The molecule has 0 aliphatic carbocycles. The van der Waals surface area contributed by atoms with E-state index >= 15 is 0 Å². The first kappa shape index (κ1) is 20.7. The van der Waals surface area contributed by atoms with Gasteiger partial charge in [0.15, 0.2) is 17.6 Å². The summed E-state index contributed by atoms with van der Waals surface area (Å²) >= 11 is 0. The van der Waals surface area contributed by atoms with Crippen molar-refractivity contribution in [2.75, 3.05) is 37.6 Å². The molecule has 1 aromatic rings. The first-order valence-corrected chi connectivity index (χ1v) is 7.97. The van der Waals surface area contributed by atoms with E-state index in [1.165, 1.54) is 12.1 Å². The molecule has 1 aliphatic rings. The molecule has 0 amide bonds. The van der Waals surface area contributed by atoms with Crippen LogP contribution in [-0.4, -0.2) is 38.7 Å². The summed E-state index contributed by atoms with van der Waals surface area (Å²) in [6.07, 6.45) is 2.77. The summed E-state index contributed by atoms with van der Waals surface area (Å²) in [7, 11) is 0. The number of benzene rings is 1. The number of anilines is 1. The van der Waals surface area contributed by atoms with E-state index in [4.69, 9.17) is 0 Å². The molecule has 0 saturated carbocycles. The molecule has 1 atom stereocenters. The maximum atomic E-state index is 13.3. The Hall–Kier alpha value is -1.38. The summed E-state index contributed by atoms with van der Waals surface area (Å²) in [5.41, 5.74) is 0.729. The van der Waals surface area contributed by atoms with Gasteiger partial charge in [-0.1, -0.05) is 6.08 Å². The van der Waals surface area contributed by atoms with Gasteiger partial charge in [-0.2, -0.15) is 0 Å². The third-order valence-corrected chi connectivity index (χ3v) is 3.82. The highest BCUT2D eigenvalue weighted by Gasteiger charge is 2.23. The van der Waals surface area contributed by atoms with Crippen molar-refractivity contribution in [2.45, 2.75) is 13.3 Å². The topological polar surface area (TPSA) is 39.7 Å². The second-order valence-corrected chi connectivity index (χ2v) is 5.59. The number of aliphatic imine (C=N–C) groups is 1. The van der Waals surface area contributed by atoms with E-state index in [9.17, 15) is 8.78 Å². The number of hydrogen-bond acceptors (Lipinski definition) is 2. The Kier molecular flexibility index (Phi) is 9.02.